The number of rotatable bonds is 6. The summed E-state index contributed by atoms with van der Waals surface area (Å²) in [6.07, 6.45) is 18.0. The Hall–Kier alpha value is -0.990. The van der Waals surface area contributed by atoms with Gasteiger partial charge in [0.15, 0.2) is 0 Å². The number of fused-ring (bicyclic) bond motifs is 1. The zero-order chi connectivity index (χ0) is 18.9. The Morgan fingerprint density at radius 2 is 1.52 bits per heavy atom. The summed E-state index contributed by atoms with van der Waals surface area (Å²) in [6.45, 7) is 3.23. The predicted molar refractivity (Wildman–Crippen MR) is 111 cm³/mol. The van der Waals surface area contributed by atoms with Crippen molar-refractivity contribution in [2.24, 2.45) is 29.6 Å². The van der Waals surface area contributed by atoms with Crippen LogP contribution in [-0.2, 0) is 4.74 Å². The molecule has 27 heavy (non-hydrogen) atoms. The van der Waals surface area contributed by atoms with Crippen LogP contribution in [0.4, 0.5) is 0 Å². The average molecular weight is 370 g/mol. The zero-order valence-electron chi connectivity index (χ0n) is 17.4. The van der Waals surface area contributed by atoms with Crippen molar-refractivity contribution in [3.63, 3.8) is 0 Å². The molecule has 0 radical (unpaired) electrons. The predicted octanol–water partition coefficient (Wildman–Crippen LogP) is 6.50. The van der Waals surface area contributed by atoms with E-state index >= 15 is 0 Å². The first-order valence-electron chi connectivity index (χ1n) is 11.8. The minimum Gasteiger partial charge on any atom is -0.378 e. The molecular weight excluding hydrogens is 330 g/mol. The molecule has 0 aromatic heterocycles. The van der Waals surface area contributed by atoms with Gasteiger partial charge in [0.05, 0.1) is 12.2 Å². The van der Waals surface area contributed by atoms with Crippen LogP contribution in [0.2, 0.25) is 0 Å². The molecule has 3 rings (SSSR count). The molecule has 3 aliphatic rings. The average Bonchev–Trinajstić information content (AvgIpc) is 2.73. The second-order valence-corrected chi connectivity index (χ2v) is 9.23. The van der Waals surface area contributed by atoms with Gasteiger partial charge in [-0.2, -0.15) is 5.26 Å². The standard InChI is InChI=1S/C25H39NO/c1-2-3-4-7-18-27-25-17-16-22(23-8-5-6-9-24(23)25)15-14-20-10-12-21(19-26)13-11-20/h20-25H,2-13,16-18H2,1H3. The lowest BCUT2D eigenvalue weighted by Crippen LogP contribution is -2.41. The van der Waals surface area contributed by atoms with Gasteiger partial charge >= 0.3 is 0 Å². The molecule has 3 saturated carbocycles. The largest absolute Gasteiger partial charge is 0.378 e. The normalized spacial score (nSPS) is 36.1. The molecule has 0 spiro atoms. The van der Waals surface area contributed by atoms with Gasteiger partial charge in [0, 0.05) is 24.4 Å². The molecule has 0 aromatic rings. The molecule has 0 bridgehead atoms. The van der Waals surface area contributed by atoms with E-state index in [-0.39, 0.29) is 5.92 Å². The molecule has 2 heteroatoms. The Morgan fingerprint density at radius 1 is 0.778 bits per heavy atom. The van der Waals surface area contributed by atoms with E-state index in [2.05, 4.69) is 24.8 Å². The minimum absolute atomic E-state index is 0.288. The van der Waals surface area contributed by atoms with Crippen LogP contribution in [0.1, 0.15) is 96.8 Å². The maximum Gasteiger partial charge on any atom is 0.0655 e. The van der Waals surface area contributed by atoms with Crippen molar-refractivity contribution < 1.29 is 4.74 Å². The quantitative estimate of drug-likeness (QED) is 0.395. The molecule has 0 saturated heterocycles. The lowest BCUT2D eigenvalue weighted by Gasteiger charge is -2.44. The Kier molecular flexibility index (Phi) is 8.54. The second-order valence-electron chi connectivity index (χ2n) is 9.23. The smallest absolute Gasteiger partial charge is 0.0655 e. The highest BCUT2D eigenvalue weighted by Gasteiger charge is 2.40. The molecule has 4 unspecified atom stereocenters. The summed E-state index contributed by atoms with van der Waals surface area (Å²) >= 11 is 0. The van der Waals surface area contributed by atoms with Crippen LogP contribution in [0.25, 0.3) is 0 Å². The van der Waals surface area contributed by atoms with Crippen molar-refractivity contribution in [1.29, 1.82) is 5.26 Å². The maximum absolute atomic E-state index is 9.07. The monoisotopic (exact) mass is 369 g/mol. The van der Waals surface area contributed by atoms with Gasteiger partial charge in [-0.3, -0.25) is 0 Å². The fourth-order valence-electron chi connectivity index (χ4n) is 5.66. The van der Waals surface area contributed by atoms with Crippen molar-refractivity contribution in [1.82, 2.24) is 0 Å². The highest BCUT2D eigenvalue weighted by atomic mass is 16.5. The molecule has 0 aliphatic heterocycles. The third-order valence-corrected chi connectivity index (χ3v) is 7.34. The first-order valence-corrected chi connectivity index (χ1v) is 11.8. The van der Waals surface area contributed by atoms with Gasteiger partial charge in [0.25, 0.3) is 0 Å². The first-order chi connectivity index (χ1) is 13.3. The van der Waals surface area contributed by atoms with Gasteiger partial charge < -0.3 is 4.74 Å². The van der Waals surface area contributed by atoms with E-state index in [1.165, 1.54) is 64.2 Å². The molecule has 0 N–H and O–H groups in total. The van der Waals surface area contributed by atoms with Crippen LogP contribution < -0.4 is 0 Å². The Labute approximate surface area is 167 Å². The van der Waals surface area contributed by atoms with E-state index in [9.17, 15) is 0 Å². The van der Waals surface area contributed by atoms with E-state index < -0.39 is 0 Å². The number of nitrogens with zero attached hydrogens (tertiary/aromatic N) is 1. The van der Waals surface area contributed by atoms with Crippen LogP contribution in [0.5, 0.6) is 0 Å². The first kappa shape index (κ1) is 20.7. The molecule has 0 amide bonds. The van der Waals surface area contributed by atoms with Crippen LogP contribution in [-0.4, -0.2) is 12.7 Å². The van der Waals surface area contributed by atoms with Crippen LogP contribution in [0.3, 0.4) is 0 Å². The summed E-state index contributed by atoms with van der Waals surface area (Å²) in [5.41, 5.74) is 0. The topological polar surface area (TPSA) is 33.0 Å². The van der Waals surface area contributed by atoms with Crippen LogP contribution in [0, 0.1) is 52.8 Å². The van der Waals surface area contributed by atoms with Gasteiger partial charge in [0.2, 0.25) is 0 Å². The van der Waals surface area contributed by atoms with Crippen LogP contribution >= 0.6 is 0 Å². The molecular formula is C25H39NO. The third-order valence-electron chi connectivity index (χ3n) is 7.34. The molecule has 150 valence electrons. The maximum atomic E-state index is 9.07. The van der Waals surface area contributed by atoms with Crippen molar-refractivity contribution in [2.45, 2.75) is 103 Å². The number of hydrogen-bond donors (Lipinski definition) is 0. The van der Waals surface area contributed by atoms with E-state index in [1.54, 1.807) is 0 Å². The summed E-state index contributed by atoms with van der Waals surface area (Å²) in [7, 11) is 0. The SMILES string of the molecule is CCCCCCOC1CCC(C#CC2CCC(C#N)CC2)C2CCCCC12. The second kappa shape index (κ2) is 11.1. The highest BCUT2D eigenvalue weighted by Crippen LogP contribution is 2.45. The summed E-state index contributed by atoms with van der Waals surface area (Å²) in [5.74, 6) is 10.4. The van der Waals surface area contributed by atoms with Gasteiger partial charge in [-0.15, -0.1) is 0 Å². The third kappa shape index (κ3) is 5.99. The summed E-state index contributed by atoms with van der Waals surface area (Å²) in [5, 5.41) is 9.07. The molecule has 2 nitrogen and oxygen atoms in total. The van der Waals surface area contributed by atoms with E-state index in [4.69, 9.17) is 10.00 Å². The minimum atomic E-state index is 0.288. The number of nitriles is 1. The van der Waals surface area contributed by atoms with Gasteiger partial charge in [-0.05, 0) is 69.6 Å². The number of ether oxygens (including phenoxy) is 1. The van der Waals surface area contributed by atoms with Gasteiger partial charge in [0.1, 0.15) is 0 Å². The van der Waals surface area contributed by atoms with E-state index in [0.717, 1.165) is 44.1 Å². The van der Waals surface area contributed by atoms with Gasteiger partial charge in [-0.25, -0.2) is 0 Å². The summed E-state index contributed by atoms with van der Waals surface area (Å²) < 4.78 is 6.39. The van der Waals surface area contributed by atoms with Crippen molar-refractivity contribution in [3.05, 3.63) is 0 Å². The van der Waals surface area contributed by atoms with Crippen molar-refractivity contribution >= 4 is 0 Å². The number of unbranched alkanes of at least 4 members (excludes halogenated alkanes) is 3. The summed E-state index contributed by atoms with van der Waals surface area (Å²) in [4.78, 5) is 0. The summed E-state index contributed by atoms with van der Waals surface area (Å²) in [6, 6.07) is 2.44. The Balaban J connectivity index is 1.50. The highest BCUT2D eigenvalue weighted by molar-refractivity contribution is 5.12. The zero-order valence-corrected chi connectivity index (χ0v) is 17.4. The Bertz CT molecular complexity index is 531. The van der Waals surface area contributed by atoms with E-state index in [1.807, 2.05) is 0 Å². The van der Waals surface area contributed by atoms with Crippen molar-refractivity contribution in [2.75, 3.05) is 6.61 Å². The van der Waals surface area contributed by atoms with Gasteiger partial charge in [-0.1, -0.05) is 50.9 Å². The van der Waals surface area contributed by atoms with Crippen molar-refractivity contribution in [3.8, 4) is 17.9 Å². The fourth-order valence-corrected chi connectivity index (χ4v) is 5.66. The molecule has 0 heterocycles. The number of hydrogen-bond acceptors (Lipinski definition) is 2. The molecule has 0 aromatic carbocycles. The van der Waals surface area contributed by atoms with Crippen LogP contribution in [0.15, 0.2) is 0 Å². The lowest BCUT2D eigenvalue weighted by molar-refractivity contribution is -0.0586. The van der Waals surface area contributed by atoms with E-state index in [0.29, 0.717) is 17.9 Å². The molecule has 3 fully saturated rings. The lowest BCUT2D eigenvalue weighted by atomic mass is 9.64. The Morgan fingerprint density at radius 3 is 2.26 bits per heavy atom. The molecule has 3 aliphatic carbocycles. The fraction of sp³-hybridized carbons (Fsp3) is 0.880. The molecule has 4 atom stereocenters.